The number of halogens is 1. The van der Waals surface area contributed by atoms with Crippen molar-refractivity contribution in [2.45, 2.75) is 13.3 Å². The summed E-state index contributed by atoms with van der Waals surface area (Å²) in [5.74, 6) is -0.535. The van der Waals surface area contributed by atoms with E-state index in [9.17, 15) is 19.3 Å². The molecule has 2 rings (SSSR count). The standard InChI is InChI=1S/C16H15FN2O3/c1-11(20)13-6-7-15(16(10-13)19(21)22)18-9-8-12-4-2-3-5-14(12)17/h2-7,10,18H,8-9H2,1H3. The molecule has 1 N–H and O–H groups in total. The quantitative estimate of drug-likeness (QED) is 0.503. The van der Waals surface area contributed by atoms with E-state index >= 15 is 0 Å². The van der Waals surface area contributed by atoms with Gasteiger partial charge in [0.25, 0.3) is 5.69 Å². The Labute approximate surface area is 126 Å². The lowest BCUT2D eigenvalue weighted by atomic mass is 10.1. The van der Waals surface area contributed by atoms with Crippen molar-refractivity contribution in [1.29, 1.82) is 0 Å². The van der Waals surface area contributed by atoms with Crippen molar-refractivity contribution in [3.8, 4) is 0 Å². The molecule has 2 aromatic rings. The van der Waals surface area contributed by atoms with E-state index in [1.165, 1.54) is 31.2 Å². The molecule has 0 aliphatic rings. The summed E-state index contributed by atoms with van der Waals surface area (Å²) in [6.45, 7) is 1.70. The molecule has 0 atom stereocenters. The Morgan fingerprint density at radius 2 is 2.00 bits per heavy atom. The lowest BCUT2D eigenvalue weighted by Crippen LogP contribution is -2.08. The summed E-state index contributed by atoms with van der Waals surface area (Å²) >= 11 is 0. The molecular weight excluding hydrogens is 287 g/mol. The van der Waals surface area contributed by atoms with Gasteiger partial charge in [-0.3, -0.25) is 14.9 Å². The van der Waals surface area contributed by atoms with Crippen LogP contribution in [-0.2, 0) is 6.42 Å². The molecule has 0 bridgehead atoms. The summed E-state index contributed by atoms with van der Waals surface area (Å²) in [7, 11) is 0. The van der Waals surface area contributed by atoms with E-state index in [-0.39, 0.29) is 22.9 Å². The molecule has 0 spiro atoms. The zero-order valence-electron chi connectivity index (χ0n) is 12.0. The molecule has 0 heterocycles. The topological polar surface area (TPSA) is 72.2 Å². The Hall–Kier alpha value is -2.76. The zero-order valence-corrected chi connectivity index (χ0v) is 12.0. The number of hydrogen-bond donors (Lipinski definition) is 1. The number of carbonyl (C=O) groups excluding carboxylic acids is 1. The van der Waals surface area contributed by atoms with Crippen LogP contribution in [0, 0.1) is 15.9 Å². The highest BCUT2D eigenvalue weighted by Gasteiger charge is 2.15. The van der Waals surface area contributed by atoms with Crippen molar-refractivity contribution in [2.24, 2.45) is 0 Å². The Morgan fingerprint density at radius 1 is 1.27 bits per heavy atom. The monoisotopic (exact) mass is 302 g/mol. The number of benzene rings is 2. The van der Waals surface area contributed by atoms with Crippen LogP contribution in [-0.4, -0.2) is 17.3 Å². The van der Waals surface area contributed by atoms with Crippen LogP contribution >= 0.6 is 0 Å². The van der Waals surface area contributed by atoms with Gasteiger partial charge in [-0.25, -0.2) is 4.39 Å². The Morgan fingerprint density at radius 3 is 2.64 bits per heavy atom. The molecule has 0 aromatic heterocycles. The van der Waals surface area contributed by atoms with Gasteiger partial charge in [-0.2, -0.15) is 0 Å². The normalized spacial score (nSPS) is 10.3. The largest absolute Gasteiger partial charge is 0.379 e. The van der Waals surface area contributed by atoms with Gasteiger partial charge in [0.2, 0.25) is 0 Å². The average molecular weight is 302 g/mol. The van der Waals surface area contributed by atoms with Gasteiger partial charge >= 0.3 is 0 Å². The number of hydrogen-bond acceptors (Lipinski definition) is 4. The summed E-state index contributed by atoms with van der Waals surface area (Å²) in [5, 5.41) is 14.0. The minimum atomic E-state index is -0.544. The maximum atomic E-state index is 13.5. The molecule has 0 radical (unpaired) electrons. The van der Waals surface area contributed by atoms with Crippen LogP contribution in [0.1, 0.15) is 22.8 Å². The van der Waals surface area contributed by atoms with Crippen LogP contribution in [0.5, 0.6) is 0 Å². The summed E-state index contributed by atoms with van der Waals surface area (Å²) < 4.78 is 13.5. The van der Waals surface area contributed by atoms with Crippen molar-refractivity contribution in [3.63, 3.8) is 0 Å². The van der Waals surface area contributed by atoms with Gasteiger partial charge in [-0.05, 0) is 37.1 Å². The molecule has 0 saturated heterocycles. The summed E-state index contributed by atoms with van der Waals surface area (Å²) in [6, 6.07) is 10.7. The van der Waals surface area contributed by atoms with Gasteiger partial charge in [-0.15, -0.1) is 0 Å². The molecule has 0 unspecified atom stereocenters. The molecule has 0 aliphatic heterocycles. The third kappa shape index (κ3) is 3.66. The second-order valence-corrected chi connectivity index (χ2v) is 4.81. The highest BCUT2D eigenvalue weighted by molar-refractivity contribution is 5.95. The highest BCUT2D eigenvalue weighted by Crippen LogP contribution is 2.25. The first-order chi connectivity index (χ1) is 10.5. The van der Waals surface area contributed by atoms with Crippen molar-refractivity contribution in [2.75, 3.05) is 11.9 Å². The summed E-state index contributed by atoms with van der Waals surface area (Å²) in [5.41, 5.74) is 0.969. The van der Waals surface area contributed by atoms with E-state index < -0.39 is 4.92 Å². The zero-order chi connectivity index (χ0) is 16.1. The van der Waals surface area contributed by atoms with Crippen LogP contribution < -0.4 is 5.32 Å². The number of anilines is 1. The Bertz CT molecular complexity index is 716. The summed E-state index contributed by atoms with van der Waals surface area (Å²) in [4.78, 5) is 21.8. The van der Waals surface area contributed by atoms with Crippen molar-refractivity contribution < 1.29 is 14.1 Å². The first-order valence-corrected chi connectivity index (χ1v) is 6.75. The van der Waals surface area contributed by atoms with Gasteiger partial charge in [0, 0.05) is 18.2 Å². The van der Waals surface area contributed by atoms with Gasteiger partial charge in [-0.1, -0.05) is 18.2 Å². The Balaban J connectivity index is 2.11. The number of nitrogens with zero attached hydrogens (tertiary/aromatic N) is 1. The third-order valence-corrected chi connectivity index (χ3v) is 3.27. The molecule has 0 saturated carbocycles. The first-order valence-electron chi connectivity index (χ1n) is 6.75. The van der Waals surface area contributed by atoms with E-state index in [0.29, 0.717) is 24.2 Å². The molecule has 2 aromatic carbocycles. The van der Waals surface area contributed by atoms with Gasteiger partial charge in [0.1, 0.15) is 11.5 Å². The van der Waals surface area contributed by atoms with Crippen LogP contribution in [0.3, 0.4) is 0 Å². The number of nitrogens with one attached hydrogen (secondary N) is 1. The minimum Gasteiger partial charge on any atom is -0.379 e. The van der Waals surface area contributed by atoms with E-state index in [2.05, 4.69) is 5.32 Å². The van der Waals surface area contributed by atoms with Crippen LogP contribution in [0.2, 0.25) is 0 Å². The molecule has 5 nitrogen and oxygen atoms in total. The molecule has 22 heavy (non-hydrogen) atoms. The predicted octanol–water partition coefficient (Wildman–Crippen LogP) is 3.59. The van der Waals surface area contributed by atoms with Gasteiger partial charge in [0.05, 0.1) is 4.92 Å². The smallest absolute Gasteiger partial charge is 0.293 e. The second-order valence-electron chi connectivity index (χ2n) is 4.81. The van der Waals surface area contributed by atoms with Crippen LogP contribution in [0.4, 0.5) is 15.8 Å². The lowest BCUT2D eigenvalue weighted by molar-refractivity contribution is -0.384. The molecular formula is C16H15FN2O3. The summed E-state index contributed by atoms with van der Waals surface area (Å²) in [6.07, 6.45) is 0.401. The minimum absolute atomic E-state index is 0.166. The van der Waals surface area contributed by atoms with E-state index in [1.807, 2.05) is 0 Å². The van der Waals surface area contributed by atoms with Crippen molar-refractivity contribution >= 4 is 17.2 Å². The second kappa shape index (κ2) is 6.80. The predicted molar refractivity (Wildman–Crippen MR) is 81.7 cm³/mol. The fourth-order valence-electron chi connectivity index (χ4n) is 2.08. The number of carbonyl (C=O) groups is 1. The van der Waals surface area contributed by atoms with E-state index in [4.69, 9.17) is 0 Å². The van der Waals surface area contributed by atoms with Crippen molar-refractivity contribution in [3.05, 3.63) is 69.5 Å². The molecule has 6 heteroatoms. The molecule has 0 aliphatic carbocycles. The third-order valence-electron chi connectivity index (χ3n) is 3.27. The average Bonchev–Trinajstić information content (AvgIpc) is 2.49. The Kier molecular flexibility index (Phi) is 4.83. The number of nitro groups is 1. The number of Topliss-reactive ketones (excluding diaryl/α,β-unsaturated/α-hetero) is 1. The molecule has 114 valence electrons. The van der Waals surface area contributed by atoms with Crippen LogP contribution in [0.15, 0.2) is 42.5 Å². The molecule has 0 fully saturated rings. The maximum Gasteiger partial charge on any atom is 0.293 e. The number of nitro benzene ring substituents is 1. The SMILES string of the molecule is CC(=O)c1ccc(NCCc2ccccc2F)c([N+](=O)[O-])c1. The molecule has 0 amide bonds. The number of rotatable bonds is 6. The fraction of sp³-hybridized carbons (Fsp3) is 0.188. The van der Waals surface area contributed by atoms with E-state index in [1.54, 1.807) is 18.2 Å². The number of ketones is 1. The van der Waals surface area contributed by atoms with E-state index in [0.717, 1.165) is 0 Å². The fourth-order valence-corrected chi connectivity index (χ4v) is 2.08. The van der Waals surface area contributed by atoms with Gasteiger partial charge < -0.3 is 5.32 Å². The van der Waals surface area contributed by atoms with Gasteiger partial charge in [0.15, 0.2) is 5.78 Å². The first kappa shape index (κ1) is 15.6. The maximum absolute atomic E-state index is 13.5. The van der Waals surface area contributed by atoms with Crippen LogP contribution in [0.25, 0.3) is 0 Å². The lowest BCUT2D eigenvalue weighted by Gasteiger charge is -2.08. The highest BCUT2D eigenvalue weighted by atomic mass is 19.1. The van der Waals surface area contributed by atoms with Crippen molar-refractivity contribution in [1.82, 2.24) is 0 Å².